The van der Waals surface area contributed by atoms with Crippen LogP contribution in [0, 0.1) is 0 Å². The minimum atomic E-state index is 0.217. The van der Waals surface area contributed by atoms with Crippen molar-refractivity contribution < 1.29 is 9.59 Å². The third kappa shape index (κ3) is 14.5. The molecule has 0 radical (unpaired) electrons. The molecule has 2 heterocycles. The molecule has 2 saturated heterocycles. The van der Waals surface area contributed by atoms with Gasteiger partial charge in [-0.3, -0.25) is 9.59 Å². The molecule has 2 rings (SSSR count). The summed E-state index contributed by atoms with van der Waals surface area (Å²) in [7, 11) is 6.12. The summed E-state index contributed by atoms with van der Waals surface area (Å²) in [5.41, 5.74) is 0. The molecule has 2 aliphatic heterocycles. The first-order chi connectivity index (χ1) is 14.2. The zero-order chi connectivity index (χ0) is 20.6. The zero-order valence-electron chi connectivity index (χ0n) is 16.9. The van der Waals surface area contributed by atoms with E-state index >= 15 is 0 Å². The number of hydrogen-bond acceptors (Lipinski definition) is 11. The van der Waals surface area contributed by atoms with Crippen molar-refractivity contribution in [3.8, 4) is 0 Å². The van der Waals surface area contributed by atoms with Crippen LogP contribution in [0.15, 0.2) is 0 Å². The van der Waals surface area contributed by atoms with Gasteiger partial charge in [-0.1, -0.05) is 47.3 Å². The molecule has 0 spiro atoms. The smallest absolute Gasteiger partial charge is 0.271 e. The molecule has 0 unspecified atom stereocenters. The van der Waals surface area contributed by atoms with Crippen molar-refractivity contribution in [2.45, 2.75) is 51.4 Å². The largest absolute Gasteiger partial charge is 0.272 e. The van der Waals surface area contributed by atoms with E-state index in [0.717, 1.165) is 49.2 Å². The maximum atomic E-state index is 12.0. The Labute approximate surface area is 205 Å². The third-order valence-electron chi connectivity index (χ3n) is 4.41. The lowest BCUT2D eigenvalue weighted by Crippen LogP contribution is -2.17. The van der Waals surface area contributed by atoms with Crippen molar-refractivity contribution in [2.75, 3.05) is 49.2 Å². The maximum Gasteiger partial charge on any atom is 0.271 e. The third-order valence-corrected chi connectivity index (χ3v) is 12.9. The molecule has 4 nitrogen and oxygen atoms in total. The lowest BCUT2D eigenvalue weighted by molar-refractivity contribution is 0.275. The van der Waals surface area contributed by atoms with Crippen molar-refractivity contribution in [3.05, 3.63) is 0 Å². The summed E-state index contributed by atoms with van der Waals surface area (Å²) in [4.78, 5) is 24.1. The minimum Gasteiger partial charge on any atom is -0.272 e. The molecular weight excluding hydrogens is 501 g/mol. The normalized spacial score (nSPS) is 19.6. The summed E-state index contributed by atoms with van der Waals surface area (Å²) < 4.78 is 4.90. The number of thioether (sulfide) groups is 1. The van der Waals surface area contributed by atoms with Gasteiger partial charge in [-0.05, 0) is 47.3 Å². The van der Waals surface area contributed by atoms with Crippen molar-refractivity contribution in [3.63, 3.8) is 0 Å². The summed E-state index contributed by atoms with van der Waals surface area (Å²) >= 11 is 4.73. The van der Waals surface area contributed by atoms with E-state index in [2.05, 4.69) is 8.61 Å². The number of carbonyl (C=O) groups is 2. The van der Waals surface area contributed by atoms with Gasteiger partial charge in [0, 0.05) is 73.1 Å². The van der Waals surface area contributed by atoms with E-state index in [4.69, 9.17) is 0 Å². The van der Waals surface area contributed by atoms with Crippen LogP contribution in [0.3, 0.4) is 0 Å². The van der Waals surface area contributed by atoms with Crippen LogP contribution >= 0.6 is 78.8 Å². The zero-order valence-corrected chi connectivity index (χ0v) is 22.6. The molecule has 0 atom stereocenters. The fourth-order valence-electron chi connectivity index (χ4n) is 2.97. The van der Waals surface area contributed by atoms with Gasteiger partial charge in [0.25, 0.3) is 8.89 Å². The second-order valence-electron chi connectivity index (χ2n) is 6.79. The second-order valence-corrected chi connectivity index (χ2v) is 15.5. The minimum absolute atomic E-state index is 0.217. The standard InChI is InChI=1S/C18H32N2O2S7/c21-17(26-19-9-5-1-2-6-10-19)28-24-15-13-23-14-16-25-29-18(22)27-20-11-7-3-4-8-12-20/h1-16H2. The highest BCUT2D eigenvalue weighted by molar-refractivity contribution is 8.86. The molecule has 0 aromatic carbocycles. The Hall–Kier alpha value is 1.71. The molecule has 29 heavy (non-hydrogen) atoms. The van der Waals surface area contributed by atoms with E-state index in [1.807, 2.05) is 11.8 Å². The predicted molar refractivity (Wildman–Crippen MR) is 143 cm³/mol. The highest BCUT2D eigenvalue weighted by Crippen LogP contribution is 2.33. The van der Waals surface area contributed by atoms with Crippen molar-refractivity contribution in [2.24, 2.45) is 0 Å². The van der Waals surface area contributed by atoms with Crippen LogP contribution in [-0.4, -0.2) is 66.7 Å². The molecule has 11 heteroatoms. The van der Waals surface area contributed by atoms with Gasteiger partial charge in [0.05, 0.1) is 0 Å². The van der Waals surface area contributed by atoms with Gasteiger partial charge in [0.15, 0.2) is 0 Å². The Morgan fingerprint density at radius 3 is 1.31 bits per heavy atom. The lowest BCUT2D eigenvalue weighted by atomic mass is 10.2. The highest BCUT2D eigenvalue weighted by atomic mass is 33.1. The van der Waals surface area contributed by atoms with E-state index < -0.39 is 0 Å². The summed E-state index contributed by atoms with van der Waals surface area (Å²) in [6, 6.07) is 0. The number of nitrogens with zero attached hydrogens (tertiary/aromatic N) is 2. The van der Waals surface area contributed by atoms with Crippen LogP contribution in [0.5, 0.6) is 0 Å². The van der Waals surface area contributed by atoms with Crippen LogP contribution in [0.1, 0.15) is 51.4 Å². The summed E-state index contributed by atoms with van der Waals surface area (Å²) in [6.07, 6.45) is 10.1. The SMILES string of the molecule is O=C(SSCCSCCSSC(=O)SN1CCCCCC1)SN1CCCCCC1. The van der Waals surface area contributed by atoms with E-state index in [1.54, 1.807) is 21.6 Å². The van der Waals surface area contributed by atoms with Gasteiger partial charge >= 0.3 is 0 Å². The highest BCUT2D eigenvalue weighted by Gasteiger charge is 2.16. The molecule has 2 aliphatic rings. The first-order valence-electron chi connectivity index (χ1n) is 10.3. The average Bonchev–Trinajstić information content (AvgIpc) is 3.11. The van der Waals surface area contributed by atoms with Crippen LogP contribution in [0.2, 0.25) is 0 Å². The quantitative estimate of drug-likeness (QED) is 0.157. The molecule has 0 amide bonds. The molecule has 0 saturated carbocycles. The Kier molecular flexibility index (Phi) is 16.9. The Morgan fingerprint density at radius 2 is 0.931 bits per heavy atom. The van der Waals surface area contributed by atoms with E-state index in [0.29, 0.717) is 0 Å². The Bertz CT molecular complexity index is 417. The topological polar surface area (TPSA) is 40.6 Å². The fourth-order valence-corrected chi connectivity index (χ4v) is 10.9. The van der Waals surface area contributed by atoms with Crippen molar-refractivity contribution in [1.82, 2.24) is 8.61 Å². The summed E-state index contributed by atoms with van der Waals surface area (Å²) in [5.74, 6) is 4.09. The van der Waals surface area contributed by atoms with E-state index in [-0.39, 0.29) is 8.89 Å². The van der Waals surface area contributed by atoms with E-state index in [1.165, 1.54) is 96.9 Å². The average molecular weight is 533 g/mol. The van der Waals surface area contributed by atoms with Crippen LogP contribution in [0.25, 0.3) is 0 Å². The predicted octanol–water partition coefficient (Wildman–Crippen LogP) is 7.77. The van der Waals surface area contributed by atoms with Crippen molar-refractivity contribution in [1.29, 1.82) is 0 Å². The van der Waals surface area contributed by atoms with Crippen LogP contribution in [0.4, 0.5) is 9.59 Å². The molecule has 0 aliphatic carbocycles. The van der Waals surface area contributed by atoms with Gasteiger partial charge in [0.1, 0.15) is 0 Å². The molecule has 0 aromatic heterocycles. The first kappa shape index (κ1) is 27.0. The molecule has 0 aromatic rings. The van der Waals surface area contributed by atoms with Gasteiger partial charge in [0.2, 0.25) is 0 Å². The maximum absolute atomic E-state index is 12.0. The van der Waals surface area contributed by atoms with Gasteiger partial charge < -0.3 is 0 Å². The molecule has 2 fully saturated rings. The lowest BCUT2D eigenvalue weighted by Gasteiger charge is -2.16. The number of hydrogen-bond donors (Lipinski definition) is 0. The monoisotopic (exact) mass is 532 g/mol. The first-order valence-corrected chi connectivity index (χ1v) is 17.7. The molecular formula is C18H32N2O2S7. The van der Waals surface area contributed by atoms with Crippen molar-refractivity contribution >= 4 is 87.7 Å². The van der Waals surface area contributed by atoms with Gasteiger partial charge in [-0.15, -0.1) is 0 Å². The fraction of sp³-hybridized carbons (Fsp3) is 0.889. The van der Waals surface area contributed by atoms with Gasteiger partial charge in [-0.2, -0.15) is 11.8 Å². The Balaban J connectivity index is 1.36. The Morgan fingerprint density at radius 1 is 0.552 bits per heavy atom. The molecule has 0 bridgehead atoms. The summed E-state index contributed by atoms with van der Waals surface area (Å²) in [5, 5.41) is 0. The number of carbonyl (C=O) groups excluding carboxylic acids is 2. The molecule has 0 N–H and O–H groups in total. The summed E-state index contributed by atoms with van der Waals surface area (Å²) in [6.45, 7) is 4.19. The number of rotatable bonds is 10. The van der Waals surface area contributed by atoms with Crippen LogP contribution < -0.4 is 0 Å². The van der Waals surface area contributed by atoms with Gasteiger partial charge in [-0.25, -0.2) is 8.61 Å². The van der Waals surface area contributed by atoms with Crippen LogP contribution in [-0.2, 0) is 0 Å². The second kappa shape index (κ2) is 18.2. The van der Waals surface area contributed by atoms with E-state index in [9.17, 15) is 9.59 Å². The molecule has 168 valence electrons.